The largest absolute Gasteiger partial charge is 0.497 e. The third-order valence-electron chi connectivity index (χ3n) is 3.17. The van der Waals surface area contributed by atoms with Gasteiger partial charge < -0.3 is 15.4 Å². The van der Waals surface area contributed by atoms with Crippen molar-refractivity contribution in [3.05, 3.63) is 58.1 Å². The van der Waals surface area contributed by atoms with Crippen LogP contribution in [0.4, 0.5) is 5.69 Å². The summed E-state index contributed by atoms with van der Waals surface area (Å²) < 4.78 is 6.30. The number of methoxy groups -OCH3 is 1. The van der Waals surface area contributed by atoms with Crippen LogP contribution in [0.3, 0.4) is 0 Å². The molecule has 0 radical (unpaired) electrons. The first-order valence-electron chi connectivity index (χ1n) is 6.46. The fourth-order valence-electron chi connectivity index (χ4n) is 2.11. The average molecular weight is 335 g/mol. The van der Waals surface area contributed by atoms with Crippen LogP contribution in [0.5, 0.6) is 5.75 Å². The lowest BCUT2D eigenvalue weighted by molar-refractivity contribution is 0.414. The summed E-state index contributed by atoms with van der Waals surface area (Å²) in [5.74, 6) is 0.882. The van der Waals surface area contributed by atoms with E-state index in [9.17, 15) is 0 Å². The van der Waals surface area contributed by atoms with E-state index in [0.717, 1.165) is 28.0 Å². The molecule has 0 heterocycles. The Bertz CT molecular complexity index is 586. The van der Waals surface area contributed by atoms with Crippen LogP contribution in [-0.4, -0.2) is 14.2 Å². The fourth-order valence-corrected chi connectivity index (χ4v) is 2.64. The molecule has 2 N–H and O–H groups in total. The molecule has 4 heteroatoms. The van der Waals surface area contributed by atoms with Crippen molar-refractivity contribution in [3.8, 4) is 5.75 Å². The average Bonchev–Trinajstić information content (AvgIpc) is 2.46. The quantitative estimate of drug-likeness (QED) is 0.908. The highest BCUT2D eigenvalue weighted by Crippen LogP contribution is 2.24. The van der Waals surface area contributed by atoms with Crippen LogP contribution < -0.4 is 15.4 Å². The zero-order valence-electron chi connectivity index (χ0n) is 11.8. The second kappa shape index (κ2) is 6.77. The Morgan fingerprint density at radius 3 is 2.65 bits per heavy atom. The van der Waals surface area contributed by atoms with E-state index in [4.69, 9.17) is 10.5 Å². The molecule has 106 valence electrons. The molecule has 3 nitrogen and oxygen atoms in total. The van der Waals surface area contributed by atoms with Crippen molar-refractivity contribution in [1.82, 2.24) is 0 Å². The highest BCUT2D eigenvalue weighted by Gasteiger charge is 2.05. The maximum absolute atomic E-state index is 5.72. The number of hydrogen-bond acceptors (Lipinski definition) is 3. The summed E-state index contributed by atoms with van der Waals surface area (Å²) in [4.78, 5) is 2.19. The molecule has 0 aliphatic carbocycles. The van der Waals surface area contributed by atoms with Gasteiger partial charge in [-0.15, -0.1) is 0 Å². The van der Waals surface area contributed by atoms with Gasteiger partial charge in [0.25, 0.3) is 0 Å². The summed E-state index contributed by atoms with van der Waals surface area (Å²) in [7, 11) is 3.76. The van der Waals surface area contributed by atoms with Gasteiger partial charge in [0.15, 0.2) is 0 Å². The van der Waals surface area contributed by atoms with E-state index in [1.54, 1.807) is 7.11 Å². The highest BCUT2D eigenvalue weighted by molar-refractivity contribution is 9.10. The number of halogens is 1. The second-order valence-electron chi connectivity index (χ2n) is 4.73. The van der Waals surface area contributed by atoms with E-state index in [-0.39, 0.29) is 0 Å². The maximum atomic E-state index is 5.72. The van der Waals surface area contributed by atoms with Gasteiger partial charge in [-0.2, -0.15) is 0 Å². The monoisotopic (exact) mass is 334 g/mol. The van der Waals surface area contributed by atoms with Crippen LogP contribution in [-0.2, 0) is 13.1 Å². The van der Waals surface area contributed by atoms with Crippen LogP contribution in [0.15, 0.2) is 46.9 Å². The van der Waals surface area contributed by atoms with Crippen molar-refractivity contribution in [2.75, 3.05) is 19.1 Å². The molecule has 0 saturated carbocycles. The van der Waals surface area contributed by atoms with Gasteiger partial charge in [0.05, 0.1) is 7.11 Å². The van der Waals surface area contributed by atoms with Gasteiger partial charge in [0.1, 0.15) is 5.75 Å². The predicted molar refractivity (Wildman–Crippen MR) is 87.1 cm³/mol. The van der Waals surface area contributed by atoms with Crippen LogP contribution in [0.2, 0.25) is 0 Å². The number of nitrogens with zero attached hydrogens (tertiary/aromatic N) is 1. The minimum atomic E-state index is 0.541. The first-order chi connectivity index (χ1) is 9.62. The number of nitrogens with two attached hydrogens (primary N) is 1. The Kier molecular flexibility index (Phi) is 5.04. The molecule has 2 aromatic rings. The number of ether oxygens (including phenoxy) is 1. The van der Waals surface area contributed by atoms with Gasteiger partial charge in [-0.25, -0.2) is 0 Å². The highest BCUT2D eigenvalue weighted by atomic mass is 79.9. The van der Waals surface area contributed by atoms with Gasteiger partial charge in [-0.1, -0.05) is 28.1 Å². The van der Waals surface area contributed by atoms with Gasteiger partial charge in [0.2, 0.25) is 0 Å². The predicted octanol–water partition coefficient (Wildman–Crippen LogP) is 3.55. The molecule has 0 fully saturated rings. The van der Waals surface area contributed by atoms with E-state index in [0.29, 0.717) is 6.54 Å². The van der Waals surface area contributed by atoms with Crippen LogP contribution in [0, 0.1) is 0 Å². The van der Waals surface area contributed by atoms with Crippen molar-refractivity contribution in [2.45, 2.75) is 13.1 Å². The molecular formula is C16H19BrN2O. The first kappa shape index (κ1) is 14.9. The lowest BCUT2D eigenvalue weighted by Crippen LogP contribution is -2.16. The van der Waals surface area contributed by atoms with E-state index in [1.807, 2.05) is 18.2 Å². The molecule has 0 atom stereocenters. The van der Waals surface area contributed by atoms with Crippen LogP contribution in [0.25, 0.3) is 0 Å². The Labute approximate surface area is 128 Å². The fraction of sp³-hybridized carbons (Fsp3) is 0.250. The van der Waals surface area contributed by atoms with E-state index < -0.39 is 0 Å². The summed E-state index contributed by atoms with van der Waals surface area (Å²) in [6.45, 7) is 1.36. The Balaban J connectivity index is 2.18. The second-order valence-corrected chi connectivity index (χ2v) is 5.65. The van der Waals surface area contributed by atoms with Crippen molar-refractivity contribution in [1.29, 1.82) is 0 Å². The Morgan fingerprint density at radius 2 is 1.95 bits per heavy atom. The Morgan fingerprint density at radius 1 is 1.15 bits per heavy atom. The molecule has 2 rings (SSSR count). The minimum absolute atomic E-state index is 0.541. The zero-order chi connectivity index (χ0) is 14.5. The van der Waals surface area contributed by atoms with Gasteiger partial charge in [0, 0.05) is 30.3 Å². The molecule has 0 aliphatic heterocycles. The van der Waals surface area contributed by atoms with Gasteiger partial charge in [-0.05, 0) is 41.5 Å². The number of rotatable bonds is 5. The van der Waals surface area contributed by atoms with Crippen LogP contribution in [0.1, 0.15) is 11.1 Å². The summed E-state index contributed by atoms with van der Waals surface area (Å²) in [5.41, 5.74) is 9.19. The molecule has 20 heavy (non-hydrogen) atoms. The van der Waals surface area contributed by atoms with Crippen molar-refractivity contribution >= 4 is 21.6 Å². The number of hydrogen-bond donors (Lipinski definition) is 1. The molecule has 0 unspecified atom stereocenters. The minimum Gasteiger partial charge on any atom is -0.497 e. The summed E-state index contributed by atoms with van der Waals surface area (Å²) in [6.07, 6.45) is 0. The molecule has 0 aliphatic rings. The summed E-state index contributed by atoms with van der Waals surface area (Å²) in [5, 5.41) is 0. The summed E-state index contributed by atoms with van der Waals surface area (Å²) >= 11 is 3.53. The van der Waals surface area contributed by atoms with Gasteiger partial charge >= 0.3 is 0 Å². The summed E-state index contributed by atoms with van der Waals surface area (Å²) in [6, 6.07) is 14.4. The zero-order valence-corrected chi connectivity index (χ0v) is 13.4. The maximum Gasteiger partial charge on any atom is 0.119 e. The standard InChI is InChI=1S/C16H19BrN2O/c1-19(11-12-4-3-5-16(8-12)20-2)15-7-13(10-18)6-14(17)9-15/h3-9H,10-11,18H2,1-2H3. The van der Waals surface area contributed by atoms with Crippen molar-refractivity contribution in [2.24, 2.45) is 5.73 Å². The van der Waals surface area contributed by atoms with Crippen LogP contribution >= 0.6 is 15.9 Å². The SMILES string of the molecule is COc1cccc(CN(C)c2cc(Br)cc(CN)c2)c1. The van der Waals surface area contributed by atoms with E-state index in [1.165, 1.54) is 5.56 Å². The van der Waals surface area contributed by atoms with E-state index >= 15 is 0 Å². The molecule has 0 spiro atoms. The van der Waals surface area contributed by atoms with E-state index in [2.05, 4.69) is 52.1 Å². The molecule has 0 aromatic heterocycles. The lowest BCUT2D eigenvalue weighted by atomic mass is 10.1. The van der Waals surface area contributed by atoms with Crippen molar-refractivity contribution < 1.29 is 4.74 Å². The molecule has 0 bridgehead atoms. The third kappa shape index (κ3) is 3.74. The Hall–Kier alpha value is -1.52. The number of benzene rings is 2. The third-order valence-corrected chi connectivity index (χ3v) is 3.63. The molecular weight excluding hydrogens is 316 g/mol. The molecule has 0 saturated heterocycles. The van der Waals surface area contributed by atoms with Gasteiger partial charge in [-0.3, -0.25) is 0 Å². The molecule has 2 aromatic carbocycles. The smallest absolute Gasteiger partial charge is 0.119 e. The first-order valence-corrected chi connectivity index (χ1v) is 7.25. The topological polar surface area (TPSA) is 38.5 Å². The van der Waals surface area contributed by atoms with Crippen molar-refractivity contribution in [3.63, 3.8) is 0 Å². The molecule has 0 amide bonds. The lowest BCUT2D eigenvalue weighted by Gasteiger charge is -2.21. The number of anilines is 1. The normalized spacial score (nSPS) is 10.4.